The zero-order valence-electron chi connectivity index (χ0n) is 16.2. The number of thiazole rings is 1. The summed E-state index contributed by atoms with van der Waals surface area (Å²) in [5.41, 5.74) is 1.36. The Morgan fingerprint density at radius 3 is 2.64 bits per heavy atom. The van der Waals surface area contributed by atoms with Crippen molar-refractivity contribution in [3.05, 3.63) is 29.1 Å². The third kappa shape index (κ3) is 5.00. The molecule has 1 aliphatic rings. The van der Waals surface area contributed by atoms with E-state index in [9.17, 15) is 8.42 Å². The van der Waals surface area contributed by atoms with Crippen LogP contribution in [-0.2, 0) is 22.3 Å². The maximum absolute atomic E-state index is 12.5. The number of nitrogens with one attached hydrogen (secondary N) is 1. The summed E-state index contributed by atoms with van der Waals surface area (Å²) >= 11 is 1.59. The highest BCUT2D eigenvalue weighted by Crippen LogP contribution is 2.18. The van der Waals surface area contributed by atoms with Crippen LogP contribution in [-0.4, -0.2) is 81.0 Å². The van der Waals surface area contributed by atoms with Crippen LogP contribution >= 0.6 is 11.3 Å². The minimum atomic E-state index is -3.41. The van der Waals surface area contributed by atoms with Gasteiger partial charge in [0.2, 0.25) is 10.0 Å². The van der Waals surface area contributed by atoms with Crippen LogP contribution in [0.3, 0.4) is 0 Å². The van der Waals surface area contributed by atoms with Crippen LogP contribution in [0, 0.1) is 0 Å². The number of guanidine groups is 1. The topological polar surface area (TPSA) is 107 Å². The summed E-state index contributed by atoms with van der Waals surface area (Å²) in [5.74, 6) is 0.599. The standard InChI is InChI=1S/C16H25N7O3S2/c1-17-15(18-10-14-11-27-16(19-14)21(2)3)22-5-7-23(8-6-22)28(24,25)12-13-4-9-26-20-13/h4,9,11H,5-8,10,12H2,1-3H3,(H,17,18). The summed E-state index contributed by atoms with van der Waals surface area (Å²) in [6.07, 6.45) is 1.38. The molecule has 0 bridgehead atoms. The van der Waals surface area contributed by atoms with Crippen LogP contribution in [0.25, 0.3) is 0 Å². The number of anilines is 1. The maximum Gasteiger partial charge on any atom is 0.220 e. The predicted octanol–water partition coefficient (Wildman–Crippen LogP) is 0.420. The number of aliphatic imine (C=N–C) groups is 1. The first kappa shape index (κ1) is 20.6. The second-order valence-corrected chi connectivity index (χ2v) is 9.36. The molecule has 0 atom stereocenters. The van der Waals surface area contributed by atoms with E-state index in [0.29, 0.717) is 38.4 Å². The van der Waals surface area contributed by atoms with Gasteiger partial charge in [0.1, 0.15) is 12.0 Å². The highest BCUT2D eigenvalue weighted by atomic mass is 32.2. The highest BCUT2D eigenvalue weighted by Gasteiger charge is 2.29. The van der Waals surface area contributed by atoms with E-state index >= 15 is 0 Å². The molecular weight excluding hydrogens is 402 g/mol. The van der Waals surface area contributed by atoms with Crippen LogP contribution in [0.2, 0.25) is 0 Å². The molecule has 1 aliphatic heterocycles. The fourth-order valence-electron chi connectivity index (χ4n) is 2.85. The summed E-state index contributed by atoms with van der Waals surface area (Å²) in [5, 5.41) is 9.97. The fourth-order valence-corrected chi connectivity index (χ4v) is 5.04. The van der Waals surface area contributed by atoms with Crippen LogP contribution in [0.5, 0.6) is 0 Å². The molecule has 2 aromatic heterocycles. The normalized spacial score (nSPS) is 16.4. The molecule has 0 radical (unpaired) electrons. The number of aromatic nitrogens is 2. The third-order valence-corrected chi connectivity index (χ3v) is 7.18. The quantitative estimate of drug-likeness (QED) is 0.522. The maximum atomic E-state index is 12.5. The van der Waals surface area contributed by atoms with E-state index in [4.69, 9.17) is 4.52 Å². The Morgan fingerprint density at radius 1 is 1.32 bits per heavy atom. The lowest BCUT2D eigenvalue weighted by atomic mass is 10.4. The van der Waals surface area contributed by atoms with E-state index in [1.54, 1.807) is 24.5 Å². The van der Waals surface area contributed by atoms with Crippen molar-refractivity contribution >= 4 is 32.5 Å². The second kappa shape index (κ2) is 8.88. The van der Waals surface area contributed by atoms with Crippen molar-refractivity contribution in [2.75, 3.05) is 52.2 Å². The summed E-state index contributed by atoms with van der Waals surface area (Å²) < 4.78 is 31.3. The largest absolute Gasteiger partial charge is 0.364 e. The molecule has 12 heteroatoms. The van der Waals surface area contributed by atoms with Gasteiger partial charge in [-0.25, -0.2) is 13.4 Å². The molecule has 28 heavy (non-hydrogen) atoms. The summed E-state index contributed by atoms with van der Waals surface area (Å²) in [6.45, 7) is 2.52. The van der Waals surface area contributed by atoms with Gasteiger partial charge >= 0.3 is 0 Å². The molecule has 1 N–H and O–H groups in total. The molecule has 0 spiro atoms. The number of nitrogens with zero attached hydrogens (tertiary/aromatic N) is 6. The lowest BCUT2D eigenvalue weighted by Gasteiger charge is -2.35. The Labute approximate surface area is 168 Å². The Morgan fingerprint density at radius 2 is 2.07 bits per heavy atom. The first-order valence-corrected chi connectivity index (χ1v) is 11.3. The van der Waals surface area contributed by atoms with E-state index in [1.807, 2.05) is 24.4 Å². The van der Waals surface area contributed by atoms with Crippen LogP contribution < -0.4 is 10.2 Å². The van der Waals surface area contributed by atoms with E-state index in [-0.39, 0.29) is 5.75 Å². The summed E-state index contributed by atoms with van der Waals surface area (Å²) in [7, 11) is 2.24. The fraction of sp³-hybridized carbons (Fsp3) is 0.562. The monoisotopic (exact) mass is 427 g/mol. The van der Waals surface area contributed by atoms with E-state index in [1.165, 1.54) is 10.6 Å². The van der Waals surface area contributed by atoms with Crippen LogP contribution in [0.15, 0.2) is 27.2 Å². The van der Waals surface area contributed by atoms with E-state index < -0.39 is 10.0 Å². The molecule has 0 amide bonds. The Hall–Kier alpha value is -2.18. The van der Waals surface area contributed by atoms with Crippen molar-refractivity contribution in [2.45, 2.75) is 12.3 Å². The molecule has 3 heterocycles. The van der Waals surface area contributed by atoms with Crippen molar-refractivity contribution in [1.29, 1.82) is 0 Å². The average molecular weight is 428 g/mol. The molecule has 1 fully saturated rings. The van der Waals surface area contributed by atoms with E-state index in [2.05, 4.69) is 25.3 Å². The molecular formula is C16H25N7O3S2. The average Bonchev–Trinajstić information content (AvgIpc) is 3.34. The minimum absolute atomic E-state index is 0.144. The zero-order chi connectivity index (χ0) is 20.1. The van der Waals surface area contributed by atoms with Crippen molar-refractivity contribution in [1.82, 2.24) is 24.7 Å². The van der Waals surface area contributed by atoms with Gasteiger partial charge in [-0.1, -0.05) is 5.16 Å². The van der Waals surface area contributed by atoms with Gasteiger partial charge in [0.25, 0.3) is 0 Å². The van der Waals surface area contributed by atoms with Gasteiger partial charge < -0.3 is 19.6 Å². The molecule has 0 aromatic carbocycles. The first-order valence-electron chi connectivity index (χ1n) is 8.83. The first-order chi connectivity index (χ1) is 13.4. The predicted molar refractivity (Wildman–Crippen MR) is 109 cm³/mol. The molecule has 0 saturated carbocycles. The van der Waals surface area contributed by atoms with Gasteiger partial charge in [-0.3, -0.25) is 4.99 Å². The Balaban J connectivity index is 1.52. The zero-order valence-corrected chi connectivity index (χ0v) is 17.8. The van der Waals surface area contributed by atoms with Crippen LogP contribution in [0.4, 0.5) is 5.13 Å². The molecule has 3 rings (SSSR count). The van der Waals surface area contributed by atoms with Crippen LogP contribution in [0.1, 0.15) is 11.4 Å². The lowest BCUT2D eigenvalue weighted by Crippen LogP contribution is -2.53. The van der Waals surface area contributed by atoms with Gasteiger partial charge in [-0.05, 0) is 0 Å². The third-order valence-electron chi connectivity index (χ3n) is 4.31. The molecule has 0 unspecified atom stereocenters. The van der Waals surface area contributed by atoms with Gasteiger partial charge in [-0.2, -0.15) is 4.31 Å². The smallest absolute Gasteiger partial charge is 0.220 e. The molecule has 1 saturated heterocycles. The van der Waals surface area contributed by atoms with Crippen molar-refractivity contribution in [3.63, 3.8) is 0 Å². The van der Waals surface area contributed by atoms with Gasteiger partial charge in [0, 0.05) is 58.8 Å². The van der Waals surface area contributed by atoms with Gasteiger partial charge in [0.05, 0.1) is 17.9 Å². The number of rotatable bonds is 6. The minimum Gasteiger partial charge on any atom is -0.364 e. The molecule has 2 aromatic rings. The molecule has 0 aliphatic carbocycles. The highest BCUT2D eigenvalue weighted by molar-refractivity contribution is 7.88. The number of sulfonamides is 1. The van der Waals surface area contributed by atoms with Gasteiger partial charge in [-0.15, -0.1) is 11.3 Å². The summed E-state index contributed by atoms with van der Waals surface area (Å²) in [6, 6.07) is 1.57. The molecule has 154 valence electrons. The number of hydrogen-bond acceptors (Lipinski definition) is 8. The lowest BCUT2D eigenvalue weighted by molar-refractivity contribution is 0.259. The molecule has 10 nitrogen and oxygen atoms in total. The van der Waals surface area contributed by atoms with Crippen molar-refractivity contribution in [3.8, 4) is 0 Å². The SMILES string of the molecule is CN=C(NCc1csc(N(C)C)n1)N1CCN(S(=O)(=O)Cc2ccon2)CC1. The Bertz CT molecular complexity index is 885. The van der Waals surface area contributed by atoms with E-state index in [0.717, 1.165) is 16.8 Å². The van der Waals surface area contributed by atoms with Crippen molar-refractivity contribution < 1.29 is 12.9 Å². The number of piperazine rings is 1. The van der Waals surface area contributed by atoms with Crippen molar-refractivity contribution in [2.24, 2.45) is 4.99 Å². The number of hydrogen-bond donors (Lipinski definition) is 1. The second-order valence-electron chi connectivity index (χ2n) is 6.55. The summed E-state index contributed by atoms with van der Waals surface area (Å²) in [4.78, 5) is 12.9. The van der Waals surface area contributed by atoms with Gasteiger partial charge in [0.15, 0.2) is 11.1 Å². The Kier molecular flexibility index (Phi) is 6.52.